The van der Waals surface area contributed by atoms with Crippen LogP contribution in [0.4, 0.5) is 0 Å². The van der Waals surface area contributed by atoms with E-state index in [9.17, 15) is 9.82 Å². The van der Waals surface area contributed by atoms with Gasteiger partial charge < -0.3 is 10.3 Å². The van der Waals surface area contributed by atoms with Crippen molar-refractivity contribution >= 4 is 50.6 Å². The zero-order valence-corrected chi connectivity index (χ0v) is 16.1. The van der Waals surface area contributed by atoms with Gasteiger partial charge in [0.2, 0.25) is 0 Å². The fraction of sp³-hybridized carbons (Fsp3) is 0.0800. The quantitative estimate of drug-likeness (QED) is 0.362. The number of rotatable bonds is 4. The van der Waals surface area contributed by atoms with E-state index in [4.69, 9.17) is 0 Å². The molecule has 0 aromatic heterocycles. The Labute approximate surface area is 169 Å². The molecule has 0 aliphatic heterocycles. The molecule has 0 bridgehead atoms. The fourth-order valence-electron chi connectivity index (χ4n) is 4.14. The topological polar surface area (TPSA) is 49.3 Å². The molecule has 0 heterocycles. The van der Waals surface area contributed by atoms with E-state index in [1.807, 2.05) is 0 Å². The van der Waals surface area contributed by atoms with Crippen LogP contribution in [-0.4, -0.2) is 17.8 Å². The molecule has 0 atom stereocenters. The predicted octanol–water partition coefficient (Wildman–Crippen LogP) is 4.33. The lowest BCUT2D eigenvalue weighted by molar-refractivity contribution is 0.0951. The molecular weight excluding hydrogens is 357 g/mol. The fourth-order valence-corrected chi connectivity index (χ4v) is 4.14. The second-order valence-electron chi connectivity index (χ2n) is 7.56. The average molecular weight is 377 g/mol. The van der Waals surface area contributed by atoms with Crippen LogP contribution in [0, 0.1) is 0 Å². The Kier molecular flexibility index (Phi) is 4.22. The van der Waals surface area contributed by atoms with Crippen LogP contribution in [0.2, 0.25) is 6.82 Å². The van der Waals surface area contributed by atoms with E-state index < -0.39 is 6.92 Å². The SMILES string of the molecule is CB(O)c1ccc(C(=O)NCc2ccc3ccc4cccc5ccc2c3c45)cc1. The van der Waals surface area contributed by atoms with Gasteiger partial charge in [-0.15, -0.1) is 0 Å². The molecular formula is C25H20BNO2. The first-order valence-corrected chi connectivity index (χ1v) is 9.83. The van der Waals surface area contributed by atoms with E-state index in [1.54, 1.807) is 31.1 Å². The standard InChI is InChI=1S/C25H20BNO2/c1-26(29)21-12-9-19(10-13-21)25(28)27-15-20-8-7-18-6-5-16-3-2-4-17-11-14-22(20)24(18)23(16)17/h2-14,29H,15H2,1H3,(H,27,28). The summed E-state index contributed by atoms with van der Waals surface area (Å²) in [6, 6.07) is 26.3. The van der Waals surface area contributed by atoms with Crippen molar-refractivity contribution in [2.45, 2.75) is 13.4 Å². The maximum Gasteiger partial charge on any atom is 0.320 e. The van der Waals surface area contributed by atoms with Crippen LogP contribution in [0.15, 0.2) is 78.9 Å². The Morgan fingerprint density at radius 3 is 2.14 bits per heavy atom. The third-order valence-electron chi connectivity index (χ3n) is 5.71. The van der Waals surface area contributed by atoms with Crippen molar-refractivity contribution < 1.29 is 9.82 Å². The molecule has 2 N–H and O–H groups in total. The number of carbonyl (C=O) groups excluding carboxylic acids is 1. The third kappa shape index (κ3) is 3.02. The molecule has 1 amide bonds. The van der Waals surface area contributed by atoms with E-state index in [-0.39, 0.29) is 5.91 Å². The minimum atomic E-state index is -0.538. The summed E-state index contributed by atoms with van der Waals surface area (Å²) in [5.41, 5.74) is 2.49. The lowest BCUT2D eigenvalue weighted by atomic mass is 9.64. The van der Waals surface area contributed by atoms with Crippen molar-refractivity contribution in [3.63, 3.8) is 0 Å². The maximum absolute atomic E-state index is 12.6. The predicted molar refractivity (Wildman–Crippen MR) is 121 cm³/mol. The molecule has 0 fully saturated rings. The Bertz CT molecular complexity index is 1330. The smallest absolute Gasteiger partial charge is 0.320 e. The van der Waals surface area contributed by atoms with Crippen LogP contribution >= 0.6 is 0 Å². The highest BCUT2D eigenvalue weighted by atomic mass is 16.2. The summed E-state index contributed by atoms with van der Waals surface area (Å²) in [5.74, 6) is -0.118. The molecule has 0 spiro atoms. The largest absolute Gasteiger partial charge is 0.447 e. The van der Waals surface area contributed by atoms with Crippen molar-refractivity contribution in [3.05, 3.63) is 90.0 Å². The van der Waals surface area contributed by atoms with Gasteiger partial charge in [-0.3, -0.25) is 4.79 Å². The molecule has 5 aromatic carbocycles. The van der Waals surface area contributed by atoms with Gasteiger partial charge in [0.1, 0.15) is 0 Å². The lowest BCUT2D eigenvalue weighted by Crippen LogP contribution is -2.27. The molecule has 29 heavy (non-hydrogen) atoms. The average Bonchev–Trinajstić information content (AvgIpc) is 2.76. The first kappa shape index (κ1) is 17.7. The van der Waals surface area contributed by atoms with Gasteiger partial charge in [0.15, 0.2) is 0 Å². The van der Waals surface area contributed by atoms with Gasteiger partial charge in [-0.05, 0) is 55.5 Å². The van der Waals surface area contributed by atoms with Crippen LogP contribution in [-0.2, 0) is 6.54 Å². The summed E-state index contributed by atoms with van der Waals surface area (Å²) < 4.78 is 0. The number of benzene rings is 5. The third-order valence-corrected chi connectivity index (χ3v) is 5.71. The number of hydrogen-bond acceptors (Lipinski definition) is 2. The van der Waals surface area contributed by atoms with Gasteiger partial charge in [0.05, 0.1) is 0 Å². The Balaban J connectivity index is 1.48. The Morgan fingerprint density at radius 2 is 1.45 bits per heavy atom. The van der Waals surface area contributed by atoms with Crippen molar-refractivity contribution in [1.29, 1.82) is 0 Å². The van der Waals surface area contributed by atoms with Gasteiger partial charge in [0.25, 0.3) is 5.91 Å². The normalized spacial score (nSPS) is 11.4. The molecule has 5 rings (SSSR count). The lowest BCUT2D eigenvalue weighted by Gasteiger charge is -2.14. The van der Waals surface area contributed by atoms with Gasteiger partial charge in [-0.1, -0.05) is 73.6 Å². The molecule has 0 radical (unpaired) electrons. The number of hydrogen-bond donors (Lipinski definition) is 2. The van der Waals surface area contributed by atoms with E-state index in [1.165, 1.54) is 32.3 Å². The minimum absolute atomic E-state index is 0.118. The second-order valence-corrected chi connectivity index (χ2v) is 7.56. The van der Waals surface area contributed by atoms with E-state index >= 15 is 0 Å². The molecule has 0 aliphatic carbocycles. The zero-order chi connectivity index (χ0) is 20.0. The number of carbonyl (C=O) groups is 1. The van der Waals surface area contributed by atoms with Gasteiger partial charge in [0, 0.05) is 12.1 Å². The van der Waals surface area contributed by atoms with Crippen LogP contribution in [0.1, 0.15) is 15.9 Å². The minimum Gasteiger partial charge on any atom is -0.447 e. The summed E-state index contributed by atoms with van der Waals surface area (Å²) >= 11 is 0. The van der Waals surface area contributed by atoms with Crippen LogP contribution in [0.5, 0.6) is 0 Å². The van der Waals surface area contributed by atoms with Crippen molar-refractivity contribution in [2.75, 3.05) is 0 Å². The first-order valence-electron chi connectivity index (χ1n) is 9.83. The van der Waals surface area contributed by atoms with E-state index in [0.29, 0.717) is 12.1 Å². The molecule has 140 valence electrons. The summed E-state index contributed by atoms with van der Waals surface area (Å²) in [6.07, 6.45) is 0. The highest BCUT2D eigenvalue weighted by molar-refractivity contribution is 6.64. The highest BCUT2D eigenvalue weighted by Gasteiger charge is 2.12. The van der Waals surface area contributed by atoms with Crippen LogP contribution in [0.25, 0.3) is 32.3 Å². The molecule has 4 heteroatoms. The molecule has 0 saturated carbocycles. The first-order chi connectivity index (χ1) is 14.1. The second kappa shape index (κ2) is 6.91. The zero-order valence-electron chi connectivity index (χ0n) is 16.1. The van der Waals surface area contributed by atoms with Crippen LogP contribution < -0.4 is 10.8 Å². The van der Waals surface area contributed by atoms with Gasteiger partial charge in [-0.25, -0.2) is 0 Å². The molecule has 3 nitrogen and oxygen atoms in total. The van der Waals surface area contributed by atoms with Gasteiger partial charge in [-0.2, -0.15) is 0 Å². The summed E-state index contributed by atoms with van der Waals surface area (Å²) in [4.78, 5) is 12.6. The molecule has 5 aromatic rings. The van der Waals surface area contributed by atoms with Crippen molar-refractivity contribution in [3.8, 4) is 0 Å². The number of amides is 1. The molecule has 0 aliphatic rings. The Hall–Kier alpha value is -3.37. The van der Waals surface area contributed by atoms with Gasteiger partial charge >= 0.3 is 6.92 Å². The van der Waals surface area contributed by atoms with E-state index in [2.05, 4.69) is 59.9 Å². The van der Waals surface area contributed by atoms with Crippen LogP contribution in [0.3, 0.4) is 0 Å². The monoisotopic (exact) mass is 377 g/mol. The Morgan fingerprint density at radius 1 is 0.828 bits per heavy atom. The molecule has 0 unspecified atom stereocenters. The highest BCUT2D eigenvalue weighted by Crippen LogP contribution is 2.35. The summed E-state index contributed by atoms with van der Waals surface area (Å²) in [6.45, 7) is 1.64. The van der Waals surface area contributed by atoms with Crippen molar-refractivity contribution in [1.82, 2.24) is 5.32 Å². The maximum atomic E-state index is 12.6. The van der Waals surface area contributed by atoms with Crippen molar-refractivity contribution in [2.24, 2.45) is 0 Å². The van der Waals surface area contributed by atoms with E-state index in [0.717, 1.165) is 11.0 Å². The molecule has 0 saturated heterocycles. The number of nitrogens with one attached hydrogen (secondary N) is 1. The summed E-state index contributed by atoms with van der Waals surface area (Å²) in [5, 5.41) is 20.1. The summed E-state index contributed by atoms with van der Waals surface area (Å²) in [7, 11) is 0.